The monoisotopic (exact) mass is 472 g/mol. The van der Waals surface area contributed by atoms with Gasteiger partial charge in [0.25, 0.3) is 0 Å². The van der Waals surface area contributed by atoms with Gasteiger partial charge >= 0.3 is 0 Å². The number of hydrogen-bond acceptors (Lipinski definition) is 3. The fraction of sp³-hybridized carbons (Fsp3) is 0.379. The molecular formula is C29H32N2O2S. The molecule has 1 N–H and O–H groups in total. The Morgan fingerprint density at radius 1 is 0.941 bits per heavy atom. The average molecular weight is 473 g/mol. The Balaban J connectivity index is 1.11. The first-order valence-electron chi connectivity index (χ1n) is 12.3. The van der Waals surface area contributed by atoms with Crippen LogP contribution in [0.25, 0.3) is 0 Å². The maximum Gasteiger partial charge on any atom is 0.227 e. The number of thiophene rings is 1. The summed E-state index contributed by atoms with van der Waals surface area (Å²) in [6.07, 6.45) is 4.23. The molecule has 4 nitrogen and oxygen atoms in total. The first-order valence-corrected chi connectivity index (χ1v) is 13.2. The van der Waals surface area contributed by atoms with Gasteiger partial charge in [-0.25, -0.2) is 0 Å². The summed E-state index contributed by atoms with van der Waals surface area (Å²) in [7, 11) is 0. The third-order valence-electron chi connectivity index (χ3n) is 7.66. The molecule has 34 heavy (non-hydrogen) atoms. The van der Waals surface area contributed by atoms with Gasteiger partial charge in [-0.05, 0) is 53.7 Å². The highest BCUT2D eigenvalue weighted by Crippen LogP contribution is 2.59. The number of carbonyl (C=O) groups excluding carboxylic acids is 2. The van der Waals surface area contributed by atoms with Crippen molar-refractivity contribution >= 4 is 23.2 Å². The van der Waals surface area contributed by atoms with Crippen LogP contribution in [0.5, 0.6) is 0 Å². The molecule has 5 rings (SSSR count). The van der Waals surface area contributed by atoms with E-state index >= 15 is 0 Å². The fourth-order valence-corrected chi connectivity index (χ4v) is 6.20. The molecule has 0 radical (unpaired) electrons. The van der Waals surface area contributed by atoms with Crippen LogP contribution in [-0.2, 0) is 16.0 Å². The van der Waals surface area contributed by atoms with E-state index in [9.17, 15) is 9.59 Å². The minimum absolute atomic E-state index is 0.106. The van der Waals surface area contributed by atoms with Crippen molar-refractivity contribution in [3.05, 3.63) is 94.2 Å². The molecular weight excluding hydrogens is 440 g/mol. The van der Waals surface area contributed by atoms with Crippen molar-refractivity contribution < 1.29 is 9.59 Å². The lowest BCUT2D eigenvalue weighted by molar-refractivity contribution is -0.132. The smallest absolute Gasteiger partial charge is 0.227 e. The molecule has 176 valence electrons. The van der Waals surface area contributed by atoms with Crippen LogP contribution in [0.1, 0.15) is 47.6 Å². The normalized spacial score (nSPS) is 18.7. The third kappa shape index (κ3) is 5.10. The molecule has 2 fully saturated rings. The number of benzene rings is 2. The zero-order valence-corrected chi connectivity index (χ0v) is 20.3. The van der Waals surface area contributed by atoms with Crippen molar-refractivity contribution in [3.8, 4) is 0 Å². The summed E-state index contributed by atoms with van der Waals surface area (Å²) in [5, 5.41) is 5.25. The summed E-state index contributed by atoms with van der Waals surface area (Å²) >= 11 is 1.64. The number of amides is 2. The van der Waals surface area contributed by atoms with Crippen molar-refractivity contribution in [3.63, 3.8) is 0 Å². The number of rotatable bonds is 8. The second-order valence-corrected chi connectivity index (χ2v) is 10.7. The van der Waals surface area contributed by atoms with E-state index in [4.69, 9.17) is 0 Å². The second-order valence-electron chi connectivity index (χ2n) is 9.71. The quantitative estimate of drug-likeness (QED) is 0.486. The topological polar surface area (TPSA) is 49.4 Å². The van der Waals surface area contributed by atoms with Gasteiger partial charge in [-0.15, -0.1) is 11.3 Å². The maximum absolute atomic E-state index is 13.0. The van der Waals surface area contributed by atoms with Crippen LogP contribution < -0.4 is 5.32 Å². The van der Waals surface area contributed by atoms with E-state index in [2.05, 4.69) is 53.8 Å². The Morgan fingerprint density at radius 3 is 2.18 bits per heavy atom. The molecule has 2 heterocycles. The van der Waals surface area contributed by atoms with Gasteiger partial charge in [-0.2, -0.15) is 0 Å². The van der Waals surface area contributed by atoms with E-state index in [1.807, 2.05) is 34.5 Å². The van der Waals surface area contributed by atoms with Crippen molar-refractivity contribution in [1.82, 2.24) is 10.2 Å². The highest BCUT2D eigenvalue weighted by atomic mass is 32.1. The Kier molecular flexibility index (Phi) is 6.82. The van der Waals surface area contributed by atoms with Crippen LogP contribution in [0.3, 0.4) is 0 Å². The van der Waals surface area contributed by atoms with Gasteiger partial charge in [0.2, 0.25) is 11.8 Å². The fourth-order valence-electron chi connectivity index (χ4n) is 5.51. The Bertz CT molecular complexity index is 1050. The summed E-state index contributed by atoms with van der Waals surface area (Å²) < 4.78 is 0. The zero-order chi connectivity index (χ0) is 23.4. The molecule has 2 amide bonds. The van der Waals surface area contributed by atoms with E-state index in [0.29, 0.717) is 13.0 Å². The predicted molar refractivity (Wildman–Crippen MR) is 137 cm³/mol. The molecule has 1 atom stereocenters. The van der Waals surface area contributed by atoms with Crippen molar-refractivity contribution in [2.45, 2.75) is 38.0 Å². The third-order valence-corrected chi connectivity index (χ3v) is 8.54. The average Bonchev–Trinajstić information content (AvgIpc) is 3.32. The highest BCUT2D eigenvalue weighted by molar-refractivity contribution is 7.10. The highest BCUT2D eigenvalue weighted by Gasteiger charge is 2.58. The van der Waals surface area contributed by atoms with Crippen LogP contribution in [0, 0.1) is 11.3 Å². The lowest BCUT2D eigenvalue weighted by Gasteiger charge is -2.33. The minimum Gasteiger partial charge on any atom is -0.356 e. The first kappa shape index (κ1) is 22.9. The summed E-state index contributed by atoms with van der Waals surface area (Å²) in [4.78, 5) is 28.7. The standard InChI is InChI=1S/C29H32N2O2S/c32-27(20-24-12-7-19-34-24)31-17-14-29(15-18-31)21-26(29)28(33)30-16-13-25(22-8-3-1-4-9-22)23-10-5-2-6-11-23/h1-12,19,25-26H,13-18,20-21H2,(H,30,33)/t26-/m1/s1. The first-order chi connectivity index (χ1) is 16.6. The number of hydrogen-bond donors (Lipinski definition) is 1. The molecule has 1 saturated carbocycles. The number of carbonyl (C=O) groups is 2. The molecule has 2 aromatic carbocycles. The SMILES string of the molecule is O=C(NCCC(c1ccccc1)c1ccccc1)[C@H]1CC12CCN(C(=O)Cc1cccs1)CC2. The van der Waals surface area contributed by atoms with Crippen molar-refractivity contribution in [2.24, 2.45) is 11.3 Å². The molecule has 1 spiro atoms. The zero-order valence-electron chi connectivity index (χ0n) is 19.5. The Labute approximate surface area is 206 Å². The Morgan fingerprint density at radius 2 is 1.59 bits per heavy atom. The molecule has 2 aliphatic rings. The molecule has 0 bridgehead atoms. The summed E-state index contributed by atoms with van der Waals surface area (Å²) in [5.41, 5.74) is 2.68. The van der Waals surface area contributed by atoms with Crippen LogP contribution in [-0.4, -0.2) is 36.3 Å². The molecule has 1 aromatic heterocycles. The molecule has 1 saturated heterocycles. The van der Waals surface area contributed by atoms with Crippen LogP contribution >= 0.6 is 11.3 Å². The Hall–Kier alpha value is -2.92. The molecule has 5 heteroatoms. The summed E-state index contributed by atoms with van der Waals surface area (Å²) in [6, 6.07) is 25.1. The van der Waals surface area contributed by atoms with Gasteiger partial charge in [-0.1, -0.05) is 66.7 Å². The van der Waals surface area contributed by atoms with E-state index in [-0.39, 0.29) is 29.1 Å². The van der Waals surface area contributed by atoms with E-state index < -0.39 is 0 Å². The van der Waals surface area contributed by atoms with E-state index in [0.717, 1.165) is 43.6 Å². The summed E-state index contributed by atoms with van der Waals surface area (Å²) in [5.74, 6) is 0.785. The maximum atomic E-state index is 13.0. The van der Waals surface area contributed by atoms with Gasteiger partial charge in [-0.3, -0.25) is 9.59 Å². The van der Waals surface area contributed by atoms with Crippen LogP contribution in [0.4, 0.5) is 0 Å². The van der Waals surface area contributed by atoms with Gasteiger partial charge in [0.1, 0.15) is 0 Å². The van der Waals surface area contributed by atoms with Crippen LogP contribution in [0.2, 0.25) is 0 Å². The minimum atomic E-state index is 0.106. The van der Waals surface area contributed by atoms with Gasteiger partial charge in [0, 0.05) is 36.3 Å². The number of nitrogens with one attached hydrogen (secondary N) is 1. The van der Waals surface area contributed by atoms with Gasteiger partial charge < -0.3 is 10.2 Å². The van der Waals surface area contributed by atoms with Crippen molar-refractivity contribution in [2.75, 3.05) is 19.6 Å². The van der Waals surface area contributed by atoms with Crippen molar-refractivity contribution in [1.29, 1.82) is 0 Å². The summed E-state index contributed by atoms with van der Waals surface area (Å²) in [6.45, 7) is 2.22. The van der Waals surface area contributed by atoms with Gasteiger partial charge in [0.05, 0.1) is 6.42 Å². The number of nitrogens with zero attached hydrogens (tertiary/aromatic N) is 1. The van der Waals surface area contributed by atoms with Gasteiger partial charge in [0.15, 0.2) is 0 Å². The lowest BCUT2D eigenvalue weighted by Crippen LogP contribution is -2.41. The molecule has 1 aliphatic carbocycles. The number of piperidine rings is 1. The largest absolute Gasteiger partial charge is 0.356 e. The number of likely N-dealkylation sites (tertiary alicyclic amines) is 1. The predicted octanol–water partition coefficient (Wildman–Crippen LogP) is 5.26. The van der Waals surface area contributed by atoms with Crippen LogP contribution in [0.15, 0.2) is 78.2 Å². The molecule has 1 aliphatic heterocycles. The molecule has 3 aromatic rings. The lowest BCUT2D eigenvalue weighted by atomic mass is 9.88. The molecule has 0 unspecified atom stereocenters. The van der Waals surface area contributed by atoms with E-state index in [1.54, 1.807) is 11.3 Å². The van der Waals surface area contributed by atoms with E-state index in [1.165, 1.54) is 11.1 Å². The second kappa shape index (κ2) is 10.1.